The SMILES string of the molecule is C=CCc1ccc(OCC(=O)Nc2c(C)cc(C)cc2C)c(OC)c1. The molecule has 0 saturated carbocycles. The zero-order valence-electron chi connectivity index (χ0n) is 15.3. The number of nitrogens with one attached hydrogen (secondary N) is 1. The van der Waals surface area contributed by atoms with Crippen molar-refractivity contribution in [1.82, 2.24) is 0 Å². The van der Waals surface area contributed by atoms with E-state index in [0.29, 0.717) is 11.5 Å². The molecule has 0 aliphatic carbocycles. The highest BCUT2D eigenvalue weighted by Gasteiger charge is 2.11. The number of carbonyl (C=O) groups excluding carboxylic acids is 1. The Kier molecular flexibility index (Phi) is 6.23. The molecule has 0 aromatic heterocycles. The first-order valence-corrected chi connectivity index (χ1v) is 8.23. The van der Waals surface area contributed by atoms with Gasteiger partial charge in [0.1, 0.15) is 0 Å². The first-order chi connectivity index (χ1) is 11.9. The summed E-state index contributed by atoms with van der Waals surface area (Å²) in [5.41, 5.74) is 5.17. The minimum atomic E-state index is -0.202. The number of rotatable bonds is 7. The monoisotopic (exact) mass is 339 g/mol. The van der Waals surface area contributed by atoms with E-state index in [9.17, 15) is 4.79 Å². The van der Waals surface area contributed by atoms with Crippen molar-refractivity contribution in [2.75, 3.05) is 19.0 Å². The van der Waals surface area contributed by atoms with Gasteiger partial charge in [-0.05, 0) is 56.0 Å². The molecule has 0 atom stereocenters. The molecule has 1 N–H and O–H groups in total. The van der Waals surface area contributed by atoms with Gasteiger partial charge in [-0.15, -0.1) is 6.58 Å². The van der Waals surface area contributed by atoms with E-state index in [0.717, 1.165) is 28.8 Å². The van der Waals surface area contributed by atoms with Gasteiger partial charge in [0.05, 0.1) is 7.11 Å². The third-order valence-electron chi connectivity index (χ3n) is 3.91. The zero-order valence-corrected chi connectivity index (χ0v) is 15.3. The lowest BCUT2D eigenvalue weighted by Crippen LogP contribution is -2.21. The predicted octanol–water partition coefficient (Wildman–Crippen LogP) is 4.37. The molecule has 2 aromatic rings. The quantitative estimate of drug-likeness (QED) is 0.762. The highest BCUT2D eigenvalue weighted by molar-refractivity contribution is 5.93. The number of benzene rings is 2. The van der Waals surface area contributed by atoms with Gasteiger partial charge in [0, 0.05) is 5.69 Å². The van der Waals surface area contributed by atoms with Crippen molar-refractivity contribution in [3.63, 3.8) is 0 Å². The molecule has 0 saturated heterocycles. The summed E-state index contributed by atoms with van der Waals surface area (Å²) in [4.78, 5) is 12.3. The van der Waals surface area contributed by atoms with Crippen LogP contribution in [0.4, 0.5) is 5.69 Å². The maximum atomic E-state index is 12.3. The smallest absolute Gasteiger partial charge is 0.262 e. The Bertz CT molecular complexity index is 758. The minimum absolute atomic E-state index is 0.0794. The van der Waals surface area contributed by atoms with E-state index in [2.05, 4.69) is 11.9 Å². The molecule has 0 unspecified atom stereocenters. The molecule has 0 radical (unpaired) electrons. The van der Waals surface area contributed by atoms with Crippen LogP contribution in [0.5, 0.6) is 11.5 Å². The van der Waals surface area contributed by atoms with Crippen molar-refractivity contribution in [3.05, 3.63) is 65.2 Å². The van der Waals surface area contributed by atoms with Crippen molar-refractivity contribution in [1.29, 1.82) is 0 Å². The Morgan fingerprint density at radius 3 is 2.40 bits per heavy atom. The van der Waals surface area contributed by atoms with Crippen LogP contribution in [0.15, 0.2) is 43.0 Å². The fourth-order valence-corrected chi connectivity index (χ4v) is 2.82. The summed E-state index contributed by atoms with van der Waals surface area (Å²) in [6, 6.07) is 9.73. The molecule has 0 fully saturated rings. The van der Waals surface area contributed by atoms with Gasteiger partial charge < -0.3 is 14.8 Å². The Labute approximate surface area is 149 Å². The fraction of sp³-hybridized carbons (Fsp3) is 0.286. The Balaban J connectivity index is 2.04. The van der Waals surface area contributed by atoms with Crippen LogP contribution in [-0.2, 0) is 11.2 Å². The van der Waals surface area contributed by atoms with Crippen molar-refractivity contribution < 1.29 is 14.3 Å². The largest absolute Gasteiger partial charge is 0.493 e. The molecular weight excluding hydrogens is 314 g/mol. The molecule has 0 spiro atoms. The van der Waals surface area contributed by atoms with Crippen LogP contribution in [0.3, 0.4) is 0 Å². The molecule has 4 heteroatoms. The highest BCUT2D eigenvalue weighted by Crippen LogP contribution is 2.28. The standard InChI is InChI=1S/C21H25NO3/c1-6-7-17-8-9-18(19(12-17)24-5)25-13-20(23)22-21-15(3)10-14(2)11-16(21)4/h6,8-12H,1,7,13H2,2-5H3,(H,22,23). The van der Waals surface area contributed by atoms with Gasteiger partial charge in [-0.1, -0.05) is 29.8 Å². The van der Waals surface area contributed by atoms with Gasteiger partial charge in [0.2, 0.25) is 0 Å². The predicted molar refractivity (Wildman–Crippen MR) is 102 cm³/mol. The van der Waals surface area contributed by atoms with Crippen molar-refractivity contribution in [2.45, 2.75) is 27.2 Å². The lowest BCUT2D eigenvalue weighted by Gasteiger charge is -2.14. The molecule has 4 nitrogen and oxygen atoms in total. The van der Waals surface area contributed by atoms with E-state index in [-0.39, 0.29) is 12.5 Å². The lowest BCUT2D eigenvalue weighted by molar-refractivity contribution is -0.118. The van der Waals surface area contributed by atoms with Crippen molar-refractivity contribution in [3.8, 4) is 11.5 Å². The van der Waals surface area contributed by atoms with Gasteiger partial charge in [0.25, 0.3) is 5.91 Å². The number of hydrogen-bond donors (Lipinski definition) is 1. The van der Waals surface area contributed by atoms with Crippen LogP contribution in [0.25, 0.3) is 0 Å². The molecule has 132 valence electrons. The number of anilines is 1. The molecule has 0 heterocycles. The van der Waals surface area contributed by atoms with E-state index < -0.39 is 0 Å². The molecule has 0 bridgehead atoms. The summed E-state index contributed by atoms with van der Waals surface area (Å²) in [5.74, 6) is 0.949. The first kappa shape index (κ1) is 18.6. The summed E-state index contributed by atoms with van der Waals surface area (Å²) in [7, 11) is 1.58. The number of allylic oxidation sites excluding steroid dienone is 1. The van der Waals surface area contributed by atoms with Crippen LogP contribution < -0.4 is 14.8 Å². The van der Waals surface area contributed by atoms with Crippen LogP contribution in [-0.4, -0.2) is 19.6 Å². The van der Waals surface area contributed by atoms with Crippen LogP contribution in [0.1, 0.15) is 22.3 Å². The summed E-state index contributed by atoms with van der Waals surface area (Å²) >= 11 is 0. The maximum absolute atomic E-state index is 12.3. The summed E-state index contributed by atoms with van der Waals surface area (Å²) in [6.07, 6.45) is 2.58. The van der Waals surface area contributed by atoms with E-state index >= 15 is 0 Å². The summed E-state index contributed by atoms with van der Waals surface area (Å²) < 4.78 is 11.0. The number of carbonyl (C=O) groups is 1. The van der Waals surface area contributed by atoms with E-state index in [1.54, 1.807) is 7.11 Å². The van der Waals surface area contributed by atoms with Crippen LogP contribution in [0.2, 0.25) is 0 Å². The summed E-state index contributed by atoms with van der Waals surface area (Å²) in [5, 5.41) is 2.93. The molecular formula is C21H25NO3. The first-order valence-electron chi connectivity index (χ1n) is 8.23. The van der Waals surface area contributed by atoms with Gasteiger partial charge in [-0.2, -0.15) is 0 Å². The van der Waals surface area contributed by atoms with Crippen molar-refractivity contribution in [2.24, 2.45) is 0 Å². The van der Waals surface area contributed by atoms with Gasteiger partial charge in [-0.25, -0.2) is 0 Å². The maximum Gasteiger partial charge on any atom is 0.262 e. The molecule has 25 heavy (non-hydrogen) atoms. The van der Waals surface area contributed by atoms with Gasteiger partial charge in [0.15, 0.2) is 18.1 Å². The molecule has 1 amide bonds. The number of methoxy groups -OCH3 is 1. The number of aryl methyl sites for hydroxylation is 3. The molecule has 2 aromatic carbocycles. The zero-order chi connectivity index (χ0) is 18.4. The van der Waals surface area contributed by atoms with Crippen molar-refractivity contribution >= 4 is 11.6 Å². The van der Waals surface area contributed by atoms with E-state index in [4.69, 9.17) is 9.47 Å². The van der Waals surface area contributed by atoms with Gasteiger partial charge >= 0.3 is 0 Å². The normalized spacial score (nSPS) is 10.2. The van der Waals surface area contributed by atoms with Crippen LogP contribution in [0, 0.1) is 20.8 Å². The molecule has 0 aliphatic rings. The Morgan fingerprint density at radius 2 is 1.80 bits per heavy atom. The molecule has 0 aliphatic heterocycles. The topological polar surface area (TPSA) is 47.6 Å². The third kappa shape index (κ3) is 4.86. The van der Waals surface area contributed by atoms with E-state index in [1.807, 2.05) is 57.2 Å². The number of hydrogen-bond acceptors (Lipinski definition) is 3. The Morgan fingerprint density at radius 1 is 1.12 bits per heavy atom. The second kappa shape index (κ2) is 8.38. The molecule has 2 rings (SSSR count). The third-order valence-corrected chi connectivity index (χ3v) is 3.91. The second-order valence-electron chi connectivity index (χ2n) is 6.09. The highest BCUT2D eigenvalue weighted by atomic mass is 16.5. The van der Waals surface area contributed by atoms with E-state index in [1.165, 1.54) is 5.56 Å². The minimum Gasteiger partial charge on any atom is -0.493 e. The number of ether oxygens (including phenoxy) is 2. The second-order valence-corrected chi connectivity index (χ2v) is 6.09. The number of amides is 1. The summed E-state index contributed by atoms with van der Waals surface area (Å²) in [6.45, 7) is 9.66. The van der Waals surface area contributed by atoms with Gasteiger partial charge in [-0.3, -0.25) is 4.79 Å². The lowest BCUT2D eigenvalue weighted by atomic mass is 10.1. The average molecular weight is 339 g/mol. The van der Waals surface area contributed by atoms with Crippen LogP contribution >= 0.6 is 0 Å². The Hall–Kier alpha value is -2.75. The average Bonchev–Trinajstić information content (AvgIpc) is 2.57. The fourth-order valence-electron chi connectivity index (χ4n) is 2.82.